The van der Waals surface area contributed by atoms with Crippen molar-refractivity contribution in [2.75, 3.05) is 11.4 Å². The fraction of sp³-hybridized carbons (Fsp3) is 0.375. The van der Waals surface area contributed by atoms with E-state index in [0.717, 1.165) is 24.9 Å². The topological polar surface area (TPSA) is 49.6 Å². The first-order valence-electron chi connectivity index (χ1n) is 7.43. The van der Waals surface area contributed by atoms with Gasteiger partial charge in [0, 0.05) is 12.6 Å². The lowest BCUT2D eigenvalue weighted by atomic mass is 10.1. The third-order valence-corrected chi connectivity index (χ3v) is 4.41. The Morgan fingerprint density at radius 2 is 2.09 bits per heavy atom. The van der Waals surface area contributed by atoms with E-state index >= 15 is 0 Å². The van der Waals surface area contributed by atoms with E-state index in [4.69, 9.17) is 4.52 Å². The first-order valence-corrected chi connectivity index (χ1v) is 7.43. The summed E-state index contributed by atoms with van der Waals surface area (Å²) in [5.74, 6) is 0.939. The highest BCUT2D eigenvalue weighted by Crippen LogP contribution is 2.42. The van der Waals surface area contributed by atoms with Gasteiger partial charge in [-0.15, -0.1) is 0 Å². The molecule has 3 heterocycles. The van der Waals surface area contributed by atoms with E-state index in [1.54, 1.807) is 30.0 Å². The van der Waals surface area contributed by atoms with Crippen LogP contribution in [-0.2, 0) is 4.79 Å². The third kappa shape index (κ3) is 1.94. The van der Waals surface area contributed by atoms with Crippen LogP contribution in [0.4, 0.5) is 10.2 Å². The van der Waals surface area contributed by atoms with E-state index in [1.165, 1.54) is 12.1 Å². The summed E-state index contributed by atoms with van der Waals surface area (Å²) in [6.45, 7) is 2.65. The summed E-state index contributed by atoms with van der Waals surface area (Å²) in [4.78, 5) is 16.6. The molecule has 1 aromatic carbocycles. The molecule has 22 heavy (non-hydrogen) atoms. The summed E-state index contributed by atoms with van der Waals surface area (Å²) in [7, 11) is 0. The molecule has 0 radical (unpaired) electrons. The monoisotopic (exact) mass is 301 g/mol. The number of amides is 1. The molecule has 2 saturated heterocycles. The van der Waals surface area contributed by atoms with Gasteiger partial charge in [0.25, 0.3) is 0 Å². The van der Waals surface area contributed by atoms with E-state index in [0.29, 0.717) is 11.6 Å². The predicted octanol–water partition coefficient (Wildman–Crippen LogP) is 2.63. The Labute approximate surface area is 127 Å². The number of carbonyl (C=O) groups is 1. The van der Waals surface area contributed by atoms with Gasteiger partial charge in [-0.1, -0.05) is 17.3 Å². The molecule has 0 bridgehead atoms. The Hall–Kier alpha value is -2.21. The van der Waals surface area contributed by atoms with Gasteiger partial charge >= 0.3 is 0 Å². The summed E-state index contributed by atoms with van der Waals surface area (Å²) >= 11 is 0. The van der Waals surface area contributed by atoms with Crippen LogP contribution in [-0.4, -0.2) is 28.6 Å². The summed E-state index contributed by atoms with van der Waals surface area (Å²) in [5, 5.41) is 4.00. The molecule has 2 aliphatic rings. The zero-order chi connectivity index (χ0) is 15.3. The van der Waals surface area contributed by atoms with Crippen molar-refractivity contribution in [3.8, 4) is 0 Å². The van der Waals surface area contributed by atoms with Crippen LogP contribution >= 0.6 is 0 Å². The summed E-state index contributed by atoms with van der Waals surface area (Å²) in [6.07, 6.45) is 1.61. The molecule has 114 valence electrons. The molecule has 0 unspecified atom stereocenters. The number of hydrogen-bond acceptors (Lipinski definition) is 4. The van der Waals surface area contributed by atoms with Crippen molar-refractivity contribution < 1.29 is 13.7 Å². The number of aryl methyl sites for hydroxylation is 1. The van der Waals surface area contributed by atoms with Crippen molar-refractivity contribution in [1.29, 1.82) is 0 Å². The summed E-state index contributed by atoms with van der Waals surface area (Å²) in [6, 6.07) is 7.95. The molecule has 2 fully saturated rings. The Bertz CT molecular complexity index is 712. The lowest BCUT2D eigenvalue weighted by Gasteiger charge is -2.27. The van der Waals surface area contributed by atoms with Gasteiger partial charge in [0.15, 0.2) is 5.82 Å². The van der Waals surface area contributed by atoms with Crippen molar-refractivity contribution in [2.24, 2.45) is 0 Å². The van der Waals surface area contributed by atoms with E-state index in [-0.39, 0.29) is 23.9 Å². The zero-order valence-electron chi connectivity index (χ0n) is 12.2. The first kappa shape index (κ1) is 13.5. The normalized spacial score (nSPS) is 25.0. The van der Waals surface area contributed by atoms with Gasteiger partial charge in [-0.2, -0.15) is 0 Å². The number of anilines is 1. The number of hydrogen-bond donors (Lipinski definition) is 0. The van der Waals surface area contributed by atoms with Crippen molar-refractivity contribution >= 4 is 11.7 Å². The second-order valence-electron chi connectivity index (χ2n) is 5.83. The standard InChI is InChI=1S/C16H16FN3O2/c1-10-9-14(18-22-10)20-15(11-4-6-12(17)7-5-11)19-8-2-3-13(19)16(20)21/h4-7,9,13,15H,2-3,8H2,1H3/t13-,15+/m0/s1. The van der Waals surface area contributed by atoms with E-state index in [9.17, 15) is 9.18 Å². The van der Waals surface area contributed by atoms with Gasteiger partial charge in [0.05, 0.1) is 6.04 Å². The van der Waals surface area contributed by atoms with Gasteiger partial charge in [0.1, 0.15) is 17.7 Å². The summed E-state index contributed by atoms with van der Waals surface area (Å²) in [5.41, 5.74) is 0.889. The van der Waals surface area contributed by atoms with Crippen molar-refractivity contribution in [1.82, 2.24) is 10.1 Å². The second kappa shape index (κ2) is 4.91. The quantitative estimate of drug-likeness (QED) is 0.855. The highest BCUT2D eigenvalue weighted by atomic mass is 19.1. The molecule has 2 aliphatic heterocycles. The van der Waals surface area contributed by atoms with E-state index in [1.807, 2.05) is 0 Å². The highest BCUT2D eigenvalue weighted by Gasteiger charge is 2.50. The number of rotatable bonds is 2. The Kier molecular flexibility index (Phi) is 3.00. The molecule has 5 nitrogen and oxygen atoms in total. The Morgan fingerprint density at radius 3 is 2.77 bits per heavy atom. The molecular formula is C16H16FN3O2. The summed E-state index contributed by atoms with van der Waals surface area (Å²) < 4.78 is 18.3. The molecule has 0 spiro atoms. The molecule has 1 aromatic heterocycles. The van der Waals surface area contributed by atoms with Crippen molar-refractivity contribution in [3.63, 3.8) is 0 Å². The van der Waals surface area contributed by atoms with Crippen LogP contribution in [0.25, 0.3) is 0 Å². The van der Waals surface area contributed by atoms with Gasteiger partial charge in [-0.05, 0) is 37.5 Å². The maximum absolute atomic E-state index is 13.2. The first-order chi connectivity index (χ1) is 10.6. The van der Waals surface area contributed by atoms with Crippen LogP contribution in [0.5, 0.6) is 0 Å². The van der Waals surface area contributed by atoms with Gasteiger partial charge < -0.3 is 4.52 Å². The largest absolute Gasteiger partial charge is 0.360 e. The number of carbonyl (C=O) groups excluding carboxylic acids is 1. The highest BCUT2D eigenvalue weighted by molar-refractivity contribution is 5.99. The maximum Gasteiger partial charge on any atom is 0.247 e. The maximum atomic E-state index is 13.2. The lowest BCUT2D eigenvalue weighted by Crippen LogP contribution is -2.32. The van der Waals surface area contributed by atoms with Crippen LogP contribution in [0.1, 0.15) is 30.3 Å². The molecule has 0 saturated carbocycles. The minimum Gasteiger partial charge on any atom is -0.360 e. The number of aromatic nitrogens is 1. The fourth-order valence-electron chi connectivity index (χ4n) is 3.46. The van der Waals surface area contributed by atoms with Crippen LogP contribution in [0.2, 0.25) is 0 Å². The van der Waals surface area contributed by atoms with Crippen LogP contribution in [0.3, 0.4) is 0 Å². The lowest BCUT2D eigenvalue weighted by molar-refractivity contribution is -0.119. The number of fused-ring (bicyclic) bond motifs is 1. The molecule has 0 N–H and O–H groups in total. The zero-order valence-corrected chi connectivity index (χ0v) is 12.2. The van der Waals surface area contributed by atoms with Gasteiger partial charge in [-0.3, -0.25) is 14.6 Å². The minimum absolute atomic E-state index is 0.0418. The van der Waals surface area contributed by atoms with Gasteiger partial charge in [-0.25, -0.2) is 4.39 Å². The average Bonchev–Trinajstić information content (AvgIpc) is 3.18. The molecule has 0 aliphatic carbocycles. The van der Waals surface area contributed by atoms with Crippen LogP contribution < -0.4 is 4.90 Å². The van der Waals surface area contributed by atoms with Gasteiger partial charge in [0.2, 0.25) is 5.91 Å². The minimum atomic E-state index is -0.283. The number of nitrogens with zero attached hydrogens (tertiary/aromatic N) is 3. The average molecular weight is 301 g/mol. The molecule has 1 amide bonds. The fourth-order valence-corrected chi connectivity index (χ4v) is 3.46. The van der Waals surface area contributed by atoms with E-state index < -0.39 is 0 Å². The smallest absolute Gasteiger partial charge is 0.247 e. The Balaban J connectivity index is 1.80. The van der Waals surface area contributed by atoms with E-state index in [2.05, 4.69) is 10.1 Å². The predicted molar refractivity (Wildman–Crippen MR) is 77.6 cm³/mol. The molecule has 2 aromatic rings. The number of halogens is 1. The molecule has 6 heteroatoms. The van der Waals surface area contributed by atoms with Crippen molar-refractivity contribution in [3.05, 3.63) is 47.5 Å². The van der Waals surface area contributed by atoms with Crippen molar-refractivity contribution in [2.45, 2.75) is 32.0 Å². The molecule has 4 rings (SSSR count). The molecule has 2 atom stereocenters. The second-order valence-corrected chi connectivity index (χ2v) is 5.83. The Morgan fingerprint density at radius 1 is 1.32 bits per heavy atom. The molecular weight excluding hydrogens is 285 g/mol. The third-order valence-electron chi connectivity index (χ3n) is 4.41. The number of benzene rings is 1. The SMILES string of the molecule is Cc1cc(N2C(=O)[C@@H]3CCCN3[C@H]2c2ccc(F)cc2)no1. The van der Waals surface area contributed by atoms with Crippen LogP contribution in [0.15, 0.2) is 34.9 Å². The van der Waals surface area contributed by atoms with Crippen LogP contribution in [0, 0.1) is 12.7 Å².